The molecule has 0 unspecified atom stereocenters. The lowest BCUT2D eigenvalue weighted by Crippen LogP contribution is -2.17. The van der Waals surface area contributed by atoms with Crippen LogP contribution in [0, 0.1) is 5.41 Å². The van der Waals surface area contributed by atoms with Crippen molar-refractivity contribution in [3.8, 4) is 0 Å². The number of hydrogen-bond donors (Lipinski definition) is 2. The molecular formula is C13H19BrN2O. The van der Waals surface area contributed by atoms with Gasteiger partial charge in [-0.1, -0.05) is 15.9 Å². The van der Waals surface area contributed by atoms with E-state index in [2.05, 4.69) is 21.2 Å². The van der Waals surface area contributed by atoms with Crippen LogP contribution in [-0.2, 0) is 4.74 Å². The summed E-state index contributed by atoms with van der Waals surface area (Å²) in [6.07, 6.45) is 3.71. The van der Waals surface area contributed by atoms with Crippen LogP contribution in [0.1, 0.15) is 19.3 Å². The Kier molecular flexibility index (Phi) is 3.94. The summed E-state index contributed by atoms with van der Waals surface area (Å²) in [5.41, 5.74) is 8.18. The van der Waals surface area contributed by atoms with E-state index in [-0.39, 0.29) is 0 Å². The average molecular weight is 299 g/mol. The van der Waals surface area contributed by atoms with E-state index >= 15 is 0 Å². The van der Waals surface area contributed by atoms with E-state index in [4.69, 9.17) is 10.5 Å². The number of nitrogens with two attached hydrogens (primary N) is 1. The Morgan fingerprint density at radius 1 is 1.47 bits per heavy atom. The molecule has 0 heterocycles. The molecule has 0 amide bonds. The second kappa shape index (κ2) is 5.27. The summed E-state index contributed by atoms with van der Waals surface area (Å²) in [7, 11) is 1.76. The summed E-state index contributed by atoms with van der Waals surface area (Å²) >= 11 is 3.46. The number of nitrogen functional groups attached to an aromatic ring is 1. The zero-order valence-corrected chi connectivity index (χ0v) is 11.7. The van der Waals surface area contributed by atoms with Crippen molar-refractivity contribution in [2.75, 3.05) is 31.3 Å². The third-order valence-electron chi connectivity index (χ3n) is 3.46. The lowest BCUT2D eigenvalue weighted by molar-refractivity contribution is 0.175. The number of ether oxygens (including phenoxy) is 1. The molecule has 3 nitrogen and oxygen atoms in total. The van der Waals surface area contributed by atoms with Crippen LogP contribution in [0.25, 0.3) is 0 Å². The van der Waals surface area contributed by atoms with Gasteiger partial charge in [0.05, 0.1) is 11.4 Å². The fourth-order valence-electron chi connectivity index (χ4n) is 1.97. The molecule has 17 heavy (non-hydrogen) atoms. The van der Waals surface area contributed by atoms with Gasteiger partial charge in [-0.05, 0) is 42.9 Å². The van der Waals surface area contributed by atoms with Crippen LogP contribution >= 0.6 is 15.9 Å². The largest absolute Gasteiger partial charge is 0.397 e. The molecule has 0 atom stereocenters. The van der Waals surface area contributed by atoms with Gasteiger partial charge in [0, 0.05) is 24.7 Å². The van der Waals surface area contributed by atoms with Gasteiger partial charge in [0.1, 0.15) is 0 Å². The number of anilines is 2. The van der Waals surface area contributed by atoms with Gasteiger partial charge in [0.2, 0.25) is 0 Å². The molecular weight excluding hydrogens is 280 g/mol. The maximum absolute atomic E-state index is 5.93. The van der Waals surface area contributed by atoms with Gasteiger partial charge in [0.25, 0.3) is 0 Å². The predicted octanol–water partition coefficient (Wildman–Crippen LogP) is 3.26. The Labute approximate surface area is 111 Å². The third kappa shape index (κ3) is 3.36. The van der Waals surface area contributed by atoms with Crippen molar-refractivity contribution in [1.82, 2.24) is 0 Å². The molecule has 94 valence electrons. The molecule has 1 aromatic rings. The van der Waals surface area contributed by atoms with Crippen LogP contribution in [0.4, 0.5) is 11.4 Å². The molecule has 0 bridgehead atoms. The summed E-state index contributed by atoms with van der Waals surface area (Å²) < 4.78 is 6.20. The number of hydrogen-bond acceptors (Lipinski definition) is 3. The van der Waals surface area contributed by atoms with E-state index < -0.39 is 0 Å². The molecule has 1 fully saturated rings. The molecule has 2 rings (SSSR count). The number of rotatable bonds is 6. The van der Waals surface area contributed by atoms with Crippen molar-refractivity contribution in [3.63, 3.8) is 0 Å². The van der Waals surface area contributed by atoms with Gasteiger partial charge in [-0.3, -0.25) is 0 Å². The molecule has 4 heteroatoms. The number of benzene rings is 1. The Morgan fingerprint density at radius 3 is 2.88 bits per heavy atom. The van der Waals surface area contributed by atoms with E-state index in [0.29, 0.717) is 5.41 Å². The summed E-state index contributed by atoms with van der Waals surface area (Å²) in [5.74, 6) is 0. The Balaban J connectivity index is 1.91. The second-order valence-corrected chi connectivity index (χ2v) is 5.74. The van der Waals surface area contributed by atoms with Crippen molar-refractivity contribution in [2.24, 2.45) is 5.41 Å². The molecule has 0 aliphatic heterocycles. The minimum Gasteiger partial charge on any atom is -0.397 e. The Bertz CT molecular complexity index is 391. The van der Waals surface area contributed by atoms with Crippen LogP contribution in [0.3, 0.4) is 0 Å². The summed E-state index contributed by atoms with van der Waals surface area (Å²) in [4.78, 5) is 0. The molecule has 1 saturated carbocycles. The zero-order valence-electron chi connectivity index (χ0n) is 10.1. The van der Waals surface area contributed by atoms with E-state index in [1.165, 1.54) is 12.8 Å². The fraction of sp³-hybridized carbons (Fsp3) is 0.538. The first kappa shape index (κ1) is 12.7. The highest BCUT2D eigenvalue weighted by Gasteiger charge is 2.41. The first-order valence-corrected chi connectivity index (χ1v) is 6.72. The van der Waals surface area contributed by atoms with Crippen LogP contribution < -0.4 is 11.1 Å². The quantitative estimate of drug-likeness (QED) is 0.793. The molecule has 3 N–H and O–H groups in total. The molecule has 0 aromatic heterocycles. The Morgan fingerprint density at radius 2 is 2.24 bits per heavy atom. The van der Waals surface area contributed by atoms with Gasteiger partial charge in [-0.25, -0.2) is 0 Å². The topological polar surface area (TPSA) is 47.3 Å². The number of nitrogens with one attached hydrogen (secondary N) is 1. The van der Waals surface area contributed by atoms with E-state index in [9.17, 15) is 0 Å². The lowest BCUT2D eigenvalue weighted by Gasteiger charge is -2.17. The van der Waals surface area contributed by atoms with Crippen molar-refractivity contribution in [1.29, 1.82) is 0 Å². The van der Waals surface area contributed by atoms with Crippen molar-refractivity contribution < 1.29 is 4.74 Å². The van der Waals surface area contributed by atoms with Crippen molar-refractivity contribution in [3.05, 3.63) is 22.7 Å². The standard InChI is InChI=1S/C13H19BrN2O/c1-17-7-6-13(4-5-13)9-16-12-8-10(14)2-3-11(12)15/h2-3,8,16H,4-7,9,15H2,1H3. The number of methoxy groups -OCH3 is 1. The summed E-state index contributed by atoms with van der Waals surface area (Å²) in [6.45, 7) is 1.83. The third-order valence-corrected chi connectivity index (χ3v) is 3.96. The lowest BCUT2D eigenvalue weighted by atomic mass is 10.0. The Hall–Kier alpha value is -0.740. The first-order chi connectivity index (χ1) is 8.15. The van der Waals surface area contributed by atoms with Gasteiger partial charge in [-0.15, -0.1) is 0 Å². The summed E-state index contributed by atoms with van der Waals surface area (Å²) in [5, 5.41) is 3.45. The fourth-order valence-corrected chi connectivity index (χ4v) is 2.34. The van der Waals surface area contributed by atoms with Crippen LogP contribution in [0.2, 0.25) is 0 Å². The molecule has 0 radical (unpaired) electrons. The highest BCUT2D eigenvalue weighted by molar-refractivity contribution is 9.10. The van der Waals surface area contributed by atoms with E-state index in [1.807, 2.05) is 18.2 Å². The van der Waals surface area contributed by atoms with Gasteiger partial charge < -0.3 is 15.8 Å². The van der Waals surface area contributed by atoms with Crippen LogP contribution in [-0.4, -0.2) is 20.3 Å². The van der Waals surface area contributed by atoms with Crippen LogP contribution in [0.5, 0.6) is 0 Å². The average Bonchev–Trinajstić information content (AvgIpc) is 3.09. The normalized spacial score (nSPS) is 16.8. The minimum atomic E-state index is 0.435. The molecule has 1 aromatic carbocycles. The first-order valence-electron chi connectivity index (χ1n) is 5.93. The van der Waals surface area contributed by atoms with Gasteiger partial charge in [0.15, 0.2) is 0 Å². The highest BCUT2D eigenvalue weighted by atomic mass is 79.9. The second-order valence-electron chi connectivity index (χ2n) is 4.83. The number of halogens is 1. The molecule has 0 spiro atoms. The monoisotopic (exact) mass is 298 g/mol. The van der Waals surface area contributed by atoms with Gasteiger partial charge >= 0.3 is 0 Å². The zero-order chi connectivity index (χ0) is 12.3. The smallest absolute Gasteiger partial charge is 0.0585 e. The van der Waals surface area contributed by atoms with Gasteiger partial charge in [-0.2, -0.15) is 0 Å². The molecule has 1 aliphatic rings. The van der Waals surface area contributed by atoms with E-state index in [1.54, 1.807) is 7.11 Å². The van der Waals surface area contributed by atoms with Crippen molar-refractivity contribution >= 4 is 27.3 Å². The molecule has 1 aliphatic carbocycles. The maximum atomic E-state index is 5.93. The maximum Gasteiger partial charge on any atom is 0.0585 e. The SMILES string of the molecule is COCCC1(CNc2cc(Br)ccc2N)CC1. The van der Waals surface area contributed by atoms with Crippen molar-refractivity contribution in [2.45, 2.75) is 19.3 Å². The highest BCUT2D eigenvalue weighted by Crippen LogP contribution is 2.48. The summed E-state index contributed by atoms with van der Waals surface area (Å²) in [6, 6.07) is 5.90. The van der Waals surface area contributed by atoms with E-state index in [0.717, 1.165) is 35.4 Å². The minimum absolute atomic E-state index is 0.435. The predicted molar refractivity (Wildman–Crippen MR) is 75.2 cm³/mol. The molecule has 0 saturated heterocycles. The van der Waals surface area contributed by atoms with Crippen LogP contribution in [0.15, 0.2) is 22.7 Å².